The van der Waals surface area contributed by atoms with Crippen LogP contribution in [-0.4, -0.2) is 66.1 Å². The van der Waals surface area contributed by atoms with Gasteiger partial charge in [0.1, 0.15) is 0 Å². The molecule has 29 heavy (non-hydrogen) atoms. The molecule has 11 heteroatoms. The summed E-state index contributed by atoms with van der Waals surface area (Å²) in [4.78, 5) is 24.5. The Morgan fingerprint density at radius 1 is 1.45 bits per heavy atom. The van der Waals surface area contributed by atoms with Crippen molar-refractivity contribution in [2.45, 2.75) is 24.5 Å². The Morgan fingerprint density at radius 3 is 2.97 bits per heavy atom. The largest absolute Gasteiger partial charge is 0.393 e. The molecule has 1 saturated carbocycles. The third-order valence-electron chi connectivity index (χ3n) is 5.58. The van der Waals surface area contributed by atoms with E-state index in [4.69, 9.17) is 6.57 Å². The van der Waals surface area contributed by atoms with Crippen LogP contribution in [0.4, 0.5) is 5.95 Å². The lowest BCUT2D eigenvalue weighted by Gasteiger charge is -2.38. The third-order valence-corrected chi connectivity index (χ3v) is 5.58. The molecule has 148 valence electrons. The number of aliphatic hydroxyl groups is 1. The van der Waals surface area contributed by atoms with Gasteiger partial charge in [0.2, 0.25) is 18.4 Å². The number of hydrogen-bond donors (Lipinski definition) is 3. The number of carbonyl (C=O) groups is 1. The Hall–Kier alpha value is -3.36. The smallest absolute Gasteiger partial charge is 0.249 e. The summed E-state index contributed by atoms with van der Waals surface area (Å²) in [5, 5.41) is 24.1. The van der Waals surface area contributed by atoms with Gasteiger partial charge in [0.15, 0.2) is 17.0 Å². The number of hydrogen-bond acceptors (Lipinski definition) is 7. The Labute approximate surface area is 165 Å². The van der Waals surface area contributed by atoms with Crippen LogP contribution in [0.2, 0.25) is 0 Å². The fourth-order valence-corrected chi connectivity index (χ4v) is 3.69. The van der Waals surface area contributed by atoms with Gasteiger partial charge in [0, 0.05) is 37.5 Å². The van der Waals surface area contributed by atoms with Gasteiger partial charge in [-0.2, -0.15) is 14.6 Å². The number of anilines is 1. The molecule has 0 bridgehead atoms. The highest BCUT2D eigenvalue weighted by Gasteiger charge is 2.43. The second-order valence-corrected chi connectivity index (χ2v) is 7.60. The van der Waals surface area contributed by atoms with Gasteiger partial charge >= 0.3 is 0 Å². The first-order valence-corrected chi connectivity index (χ1v) is 9.38. The van der Waals surface area contributed by atoms with Gasteiger partial charge in [-0.15, -0.1) is 5.10 Å². The lowest BCUT2D eigenvalue weighted by atomic mass is 9.82. The lowest BCUT2D eigenvalue weighted by Crippen LogP contribution is -2.62. The van der Waals surface area contributed by atoms with Crippen LogP contribution in [0.5, 0.6) is 0 Å². The molecular formula is C18H19N9O2. The van der Waals surface area contributed by atoms with Crippen molar-refractivity contribution in [3.63, 3.8) is 0 Å². The molecule has 2 aliphatic rings. The average Bonchev–Trinajstić information content (AvgIpc) is 3.28. The van der Waals surface area contributed by atoms with Crippen molar-refractivity contribution in [1.29, 1.82) is 0 Å². The molecular weight excluding hydrogens is 374 g/mol. The zero-order valence-electron chi connectivity index (χ0n) is 15.5. The maximum atomic E-state index is 12.2. The molecule has 1 aliphatic carbocycles. The summed E-state index contributed by atoms with van der Waals surface area (Å²) in [7, 11) is 0. The van der Waals surface area contributed by atoms with Crippen molar-refractivity contribution in [3.05, 3.63) is 36.1 Å². The Bertz CT molecular complexity index is 1120. The number of carbonyl (C=O) groups excluding carboxylic acids is 1. The summed E-state index contributed by atoms with van der Waals surface area (Å²) in [5.41, 5.74) is 0.965. The average molecular weight is 393 g/mol. The topological polar surface area (TPSA) is 127 Å². The maximum absolute atomic E-state index is 12.2. The van der Waals surface area contributed by atoms with Gasteiger partial charge in [-0.3, -0.25) is 14.8 Å². The molecule has 0 radical (unpaired) electrons. The Morgan fingerprint density at radius 2 is 2.28 bits per heavy atom. The molecule has 5 rings (SSSR count). The minimum atomic E-state index is -0.399. The van der Waals surface area contributed by atoms with E-state index in [1.807, 2.05) is 10.9 Å². The van der Waals surface area contributed by atoms with Crippen molar-refractivity contribution in [2.75, 3.05) is 25.0 Å². The van der Waals surface area contributed by atoms with Crippen molar-refractivity contribution in [1.82, 2.24) is 34.7 Å². The monoisotopic (exact) mass is 393 g/mol. The number of fused-ring (bicyclic) bond motifs is 1. The van der Waals surface area contributed by atoms with Crippen LogP contribution in [0.3, 0.4) is 0 Å². The van der Waals surface area contributed by atoms with Crippen LogP contribution in [0, 0.1) is 12.5 Å². The molecule has 1 amide bonds. The zero-order valence-corrected chi connectivity index (χ0v) is 15.5. The van der Waals surface area contributed by atoms with E-state index in [0.29, 0.717) is 43.9 Å². The van der Waals surface area contributed by atoms with E-state index >= 15 is 0 Å². The molecule has 4 heterocycles. The summed E-state index contributed by atoms with van der Waals surface area (Å²) in [5.74, 6) is 0.353. The van der Waals surface area contributed by atoms with Crippen LogP contribution >= 0.6 is 0 Å². The fraction of sp³-hybridized carbons (Fsp3) is 0.444. The molecule has 11 nitrogen and oxygen atoms in total. The van der Waals surface area contributed by atoms with E-state index in [-0.39, 0.29) is 23.3 Å². The molecule has 1 saturated heterocycles. The minimum absolute atomic E-state index is 0.188. The maximum Gasteiger partial charge on any atom is 0.249 e. The molecule has 0 unspecified atom stereocenters. The summed E-state index contributed by atoms with van der Waals surface area (Å²) in [6.45, 7) is 8.97. The standard InChI is InChI=1S/C18H19N9O2/c1-19-8-18(9-20-10-18)26-7-12(6-22-26)15-21-3-2-14-23-17(25-27(14)15)24-16(29)11-4-13(28)5-11/h2-3,6-7,11,13,20,28H,4-5,8-10H2,(H,24,25,29). The van der Waals surface area contributed by atoms with Crippen LogP contribution in [-0.2, 0) is 10.3 Å². The fourth-order valence-electron chi connectivity index (χ4n) is 3.69. The zero-order chi connectivity index (χ0) is 20.0. The number of nitrogens with zero attached hydrogens (tertiary/aromatic N) is 7. The number of aliphatic hydroxyl groups excluding tert-OH is 1. The summed E-state index contributed by atoms with van der Waals surface area (Å²) < 4.78 is 3.38. The molecule has 0 aromatic carbocycles. The lowest BCUT2D eigenvalue weighted by molar-refractivity contribution is -0.126. The van der Waals surface area contributed by atoms with Crippen molar-refractivity contribution < 1.29 is 9.90 Å². The number of aromatic nitrogens is 6. The predicted octanol–water partition coefficient (Wildman–Crippen LogP) is -0.0850. The molecule has 0 atom stereocenters. The quantitative estimate of drug-likeness (QED) is 0.517. The molecule has 3 aromatic heterocycles. The van der Waals surface area contributed by atoms with E-state index in [1.165, 1.54) is 0 Å². The normalized spacial score (nSPS) is 22.5. The first-order chi connectivity index (χ1) is 14.1. The first-order valence-electron chi connectivity index (χ1n) is 9.38. The van der Waals surface area contributed by atoms with E-state index < -0.39 is 6.10 Å². The molecule has 1 aliphatic heterocycles. The van der Waals surface area contributed by atoms with E-state index in [1.54, 1.807) is 23.0 Å². The number of nitrogens with one attached hydrogen (secondary N) is 2. The summed E-state index contributed by atoms with van der Waals surface area (Å²) in [6, 6.07) is 1.71. The molecule has 0 spiro atoms. The molecule has 3 aromatic rings. The van der Waals surface area contributed by atoms with Crippen molar-refractivity contribution in [2.24, 2.45) is 5.92 Å². The van der Waals surface area contributed by atoms with Crippen LogP contribution in [0.1, 0.15) is 12.8 Å². The van der Waals surface area contributed by atoms with E-state index in [2.05, 4.69) is 35.6 Å². The highest BCUT2D eigenvalue weighted by molar-refractivity contribution is 5.91. The predicted molar refractivity (Wildman–Crippen MR) is 102 cm³/mol. The molecule has 2 fully saturated rings. The SMILES string of the molecule is [C-]#[N+]CC1(n2cc(-c3nccc4nc(NC(=O)C5CC(O)C5)nn34)cn2)CNC1. The highest BCUT2D eigenvalue weighted by atomic mass is 16.3. The van der Waals surface area contributed by atoms with Gasteiger partial charge in [0.05, 0.1) is 17.9 Å². The van der Waals surface area contributed by atoms with Crippen molar-refractivity contribution >= 4 is 17.5 Å². The van der Waals surface area contributed by atoms with Gasteiger partial charge in [-0.1, -0.05) is 0 Å². The van der Waals surface area contributed by atoms with Gasteiger partial charge in [-0.25, -0.2) is 11.6 Å². The summed E-state index contributed by atoms with van der Waals surface area (Å²) in [6.07, 6.45) is 5.72. The Kier molecular flexibility index (Phi) is 4.04. The highest BCUT2D eigenvalue weighted by Crippen LogP contribution is 2.28. The van der Waals surface area contributed by atoms with Crippen molar-refractivity contribution in [3.8, 4) is 11.4 Å². The minimum Gasteiger partial charge on any atom is -0.393 e. The van der Waals surface area contributed by atoms with Gasteiger partial charge in [-0.05, 0) is 12.8 Å². The third kappa shape index (κ3) is 2.93. The number of amides is 1. The molecule has 3 N–H and O–H groups in total. The summed E-state index contributed by atoms with van der Waals surface area (Å²) >= 11 is 0. The van der Waals surface area contributed by atoms with Gasteiger partial charge in [0.25, 0.3) is 0 Å². The Balaban J connectivity index is 1.43. The van der Waals surface area contributed by atoms with E-state index in [9.17, 15) is 9.90 Å². The second kappa shape index (κ2) is 6.61. The van der Waals surface area contributed by atoms with E-state index in [0.717, 1.165) is 5.56 Å². The number of rotatable bonds is 5. The first kappa shape index (κ1) is 17.7. The van der Waals surface area contributed by atoms with Crippen LogP contribution in [0.15, 0.2) is 24.7 Å². The van der Waals surface area contributed by atoms with Crippen LogP contribution < -0.4 is 10.6 Å². The van der Waals surface area contributed by atoms with Gasteiger partial charge < -0.3 is 15.3 Å². The van der Waals surface area contributed by atoms with Crippen LogP contribution in [0.25, 0.3) is 21.9 Å². The second-order valence-electron chi connectivity index (χ2n) is 7.60.